The van der Waals surface area contributed by atoms with E-state index in [1.807, 2.05) is 16.8 Å². The summed E-state index contributed by atoms with van der Waals surface area (Å²) < 4.78 is 1.96. The number of nitrogens with zero attached hydrogens (tertiary/aromatic N) is 4. The molecule has 6 heteroatoms. The monoisotopic (exact) mass is 246 g/mol. The SMILES string of the molecule is CCC1CCN(c2nc(NN)cn3ccnc23)C1. The van der Waals surface area contributed by atoms with Gasteiger partial charge in [-0.2, -0.15) is 0 Å². The molecule has 3 rings (SSSR count). The van der Waals surface area contributed by atoms with Gasteiger partial charge in [-0.3, -0.25) is 0 Å². The summed E-state index contributed by atoms with van der Waals surface area (Å²) in [5.74, 6) is 7.81. The Bertz CT molecular complexity index is 548. The van der Waals surface area contributed by atoms with E-state index in [1.165, 1.54) is 12.8 Å². The van der Waals surface area contributed by atoms with E-state index < -0.39 is 0 Å². The molecule has 1 aliphatic rings. The molecule has 2 aromatic rings. The topological polar surface area (TPSA) is 71.5 Å². The van der Waals surface area contributed by atoms with Crippen LogP contribution in [-0.2, 0) is 0 Å². The van der Waals surface area contributed by atoms with Crippen molar-refractivity contribution in [1.29, 1.82) is 0 Å². The first-order chi connectivity index (χ1) is 8.81. The van der Waals surface area contributed by atoms with Crippen molar-refractivity contribution in [2.24, 2.45) is 11.8 Å². The van der Waals surface area contributed by atoms with Gasteiger partial charge in [-0.05, 0) is 12.3 Å². The highest BCUT2D eigenvalue weighted by atomic mass is 15.3. The summed E-state index contributed by atoms with van der Waals surface area (Å²) in [6, 6.07) is 0. The van der Waals surface area contributed by atoms with Gasteiger partial charge in [0.05, 0.1) is 6.20 Å². The van der Waals surface area contributed by atoms with Gasteiger partial charge in [0.1, 0.15) is 0 Å². The number of fused-ring (bicyclic) bond motifs is 1. The summed E-state index contributed by atoms with van der Waals surface area (Å²) in [6.45, 7) is 4.34. The number of hydrogen-bond donors (Lipinski definition) is 2. The minimum Gasteiger partial charge on any atom is -0.353 e. The molecule has 1 atom stereocenters. The molecule has 0 saturated carbocycles. The number of nitrogens with one attached hydrogen (secondary N) is 1. The van der Waals surface area contributed by atoms with Crippen LogP contribution in [0, 0.1) is 5.92 Å². The Morgan fingerprint density at radius 2 is 2.44 bits per heavy atom. The van der Waals surface area contributed by atoms with Crippen LogP contribution in [0.1, 0.15) is 19.8 Å². The zero-order valence-corrected chi connectivity index (χ0v) is 10.5. The number of nitrogen functional groups attached to an aromatic ring is 1. The maximum absolute atomic E-state index is 5.47. The van der Waals surface area contributed by atoms with Crippen molar-refractivity contribution < 1.29 is 0 Å². The Labute approximate surface area is 106 Å². The fraction of sp³-hybridized carbons (Fsp3) is 0.500. The second kappa shape index (κ2) is 4.45. The molecule has 1 unspecified atom stereocenters. The predicted molar refractivity (Wildman–Crippen MR) is 71.4 cm³/mol. The van der Waals surface area contributed by atoms with Crippen LogP contribution in [-0.4, -0.2) is 27.5 Å². The Balaban J connectivity index is 2.02. The minimum absolute atomic E-state index is 0.662. The van der Waals surface area contributed by atoms with Crippen molar-refractivity contribution in [1.82, 2.24) is 14.4 Å². The standard InChI is InChI=1S/C12H18N6/c1-2-9-3-5-17(7-9)12-11-14-4-6-18(11)8-10(15-12)16-13/h4,6,8-9,16H,2-3,5,7,13H2,1H3. The van der Waals surface area contributed by atoms with Gasteiger partial charge in [-0.25, -0.2) is 15.8 Å². The van der Waals surface area contributed by atoms with Crippen LogP contribution < -0.4 is 16.2 Å². The van der Waals surface area contributed by atoms with Gasteiger partial charge < -0.3 is 14.7 Å². The zero-order chi connectivity index (χ0) is 12.5. The van der Waals surface area contributed by atoms with Crippen LogP contribution in [0.3, 0.4) is 0 Å². The van der Waals surface area contributed by atoms with E-state index in [0.29, 0.717) is 5.82 Å². The summed E-state index contributed by atoms with van der Waals surface area (Å²) in [4.78, 5) is 11.2. The van der Waals surface area contributed by atoms with Crippen molar-refractivity contribution in [2.75, 3.05) is 23.4 Å². The largest absolute Gasteiger partial charge is 0.353 e. The van der Waals surface area contributed by atoms with E-state index in [0.717, 1.165) is 30.5 Å². The highest BCUT2D eigenvalue weighted by molar-refractivity contribution is 5.67. The molecule has 0 spiro atoms. The van der Waals surface area contributed by atoms with Gasteiger partial charge in [0.25, 0.3) is 0 Å². The van der Waals surface area contributed by atoms with Crippen molar-refractivity contribution >= 4 is 17.3 Å². The lowest BCUT2D eigenvalue weighted by Gasteiger charge is -2.18. The summed E-state index contributed by atoms with van der Waals surface area (Å²) in [6.07, 6.45) is 7.99. The van der Waals surface area contributed by atoms with Crippen molar-refractivity contribution in [3.8, 4) is 0 Å². The van der Waals surface area contributed by atoms with Crippen LogP contribution in [0.4, 0.5) is 11.6 Å². The number of imidazole rings is 1. The average molecular weight is 246 g/mol. The van der Waals surface area contributed by atoms with Gasteiger partial charge in [0.15, 0.2) is 17.3 Å². The normalized spacial score (nSPS) is 19.7. The van der Waals surface area contributed by atoms with Crippen LogP contribution >= 0.6 is 0 Å². The minimum atomic E-state index is 0.662. The fourth-order valence-corrected chi connectivity index (χ4v) is 2.56. The first-order valence-corrected chi connectivity index (χ1v) is 6.37. The van der Waals surface area contributed by atoms with Crippen molar-refractivity contribution in [2.45, 2.75) is 19.8 Å². The number of aromatic nitrogens is 3. The van der Waals surface area contributed by atoms with Gasteiger partial charge in [0, 0.05) is 25.5 Å². The second-order valence-electron chi connectivity index (χ2n) is 4.76. The lowest BCUT2D eigenvalue weighted by atomic mass is 10.1. The first-order valence-electron chi connectivity index (χ1n) is 6.37. The van der Waals surface area contributed by atoms with E-state index >= 15 is 0 Å². The second-order valence-corrected chi connectivity index (χ2v) is 4.76. The molecular weight excluding hydrogens is 228 g/mol. The van der Waals surface area contributed by atoms with Gasteiger partial charge in [-0.1, -0.05) is 13.3 Å². The third kappa shape index (κ3) is 1.78. The van der Waals surface area contributed by atoms with Gasteiger partial charge in [0.2, 0.25) is 0 Å². The van der Waals surface area contributed by atoms with Crippen molar-refractivity contribution in [3.63, 3.8) is 0 Å². The van der Waals surface area contributed by atoms with E-state index in [1.54, 1.807) is 6.20 Å². The van der Waals surface area contributed by atoms with Gasteiger partial charge >= 0.3 is 0 Å². The smallest absolute Gasteiger partial charge is 0.180 e. The van der Waals surface area contributed by atoms with Crippen molar-refractivity contribution in [3.05, 3.63) is 18.6 Å². The highest BCUT2D eigenvalue weighted by Crippen LogP contribution is 2.27. The molecule has 18 heavy (non-hydrogen) atoms. The van der Waals surface area contributed by atoms with Crippen LogP contribution in [0.5, 0.6) is 0 Å². The average Bonchev–Trinajstić information content (AvgIpc) is 3.05. The molecular formula is C12H18N6. The number of hydrazine groups is 1. The lowest BCUT2D eigenvalue weighted by molar-refractivity contribution is 0.569. The molecule has 0 radical (unpaired) electrons. The van der Waals surface area contributed by atoms with E-state index in [4.69, 9.17) is 5.84 Å². The summed E-state index contributed by atoms with van der Waals surface area (Å²) >= 11 is 0. The molecule has 1 aliphatic heterocycles. The number of rotatable bonds is 3. The highest BCUT2D eigenvalue weighted by Gasteiger charge is 2.24. The lowest BCUT2D eigenvalue weighted by Crippen LogP contribution is -2.22. The fourth-order valence-electron chi connectivity index (χ4n) is 2.56. The maximum Gasteiger partial charge on any atom is 0.180 e. The zero-order valence-electron chi connectivity index (χ0n) is 10.5. The molecule has 6 nitrogen and oxygen atoms in total. The summed E-state index contributed by atoms with van der Waals surface area (Å²) in [7, 11) is 0. The molecule has 3 N–H and O–H groups in total. The molecule has 0 aromatic carbocycles. The van der Waals surface area contributed by atoms with Gasteiger partial charge in [-0.15, -0.1) is 0 Å². The molecule has 0 aliphatic carbocycles. The first kappa shape index (κ1) is 11.3. The number of nitrogens with two attached hydrogens (primary N) is 1. The van der Waals surface area contributed by atoms with Crippen LogP contribution in [0.2, 0.25) is 0 Å². The molecule has 0 amide bonds. The molecule has 96 valence electrons. The molecule has 0 bridgehead atoms. The molecule has 2 aromatic heterocycles. The predicted octanol–water partition coefficient (Wildman–Crippen LogP) is 1.25. The van der Waals surface area contributed by atoms with E-state index in [-0.39, 0.29) is 0 Å². The number of anilines is 2. The summed E-state index contributed by atoms with van der Waals surface area (Å²) in [5, 5.41) is 0. The van der Waals surface area contributed by atoms with Crippen LogP contribution in [0.15, 0.2) is 18.6 Å². The van der Waals surface area contributed by atoms with E-state index in [2.05, 4.69) is 27.2 Å². The number of hydrogen-bond acceptors (Lipinski definition) is 5. The molecule has 1 saturated heterocycles. The maximum atomic E-state index is 5.47. The Morgan fingerprint density at radius 3 is 3.17 bits per heavy atom. The van der Waals surface area contributed by atoms with Crippen LogP contribution in [0.25, 0.3) is 5.65 Å². The third-order valence-corrected chi connectivity index (χ3v) is 3.67. The summed E-state index contributed by atoms with van der Waals surface area (Å²) in [5.41, 5.74) is 3.51. The third-order valence-electron chi connectivity index (χ3n) is 3.67. The molecule has 3 heterocycles. The Morgan fingerprint density at radius 1 is 1.56 bits per heavy atom. The quantitative estimate of drug-likeness (QED) is 0.630. The molecule has 1 fully saturated rings. The Hall–Kier alpha value is -1.82. The Kier molecular flexibility index (Phi) is 2.79. The van der Waals surface area contributed by atoms with E-state index in [9.17, 15) is 0 Å².